The van der Waals surface area contributed by atoms with Crippen LogP contribution in [0.5, 0.6) is 0 Å². The summed E-state index contributed by atoms with van der Waals surface area (Å²) in [5.74, 6) is -0.278. The largest absolute Gasteiger partial charge is 0.325 e. The van der Waals surface area contributed by atoms with Crippen molar-refractivity contribution in [3.05, 3.63) is 129 Å². The summed E-state index contributed by atoms with van der Waals surface area (Å²) in [6.45, 7) is 4.22. The number of nitrogens with one attached hydrogen (secondary N) is 1. The van der Waals surface area contributed by atoms with E-state index in [-0.39, 0.29) is 23.0 Å². The summed E-state index contributed by atoms with van der Waals surface area (Å²) >= 11 is 7.33. The van der Waals surface area contributed by atoms with Crippen molar-refractivity contribution in [2.45, 2.75) is 24.9 Å². The first kappa shape index (κ1) is 27.4. The van der Waals surface area contributed by atoms with Crippen LogP contribution < -0.4 is 10.9 Å². The maximum absolute atomic E-state index is 13.5. The fourth-order valence-electron chi connectivity index (χ4n) is 4.32. The van der Waals surface area contributed by atoms with Gasteiger partial charge in [-0.15, -0.1) is 0 Å². The lowest BCUT2D eigenvalue weighted by Crippen LogP contribution is -2.23. The molecular weight excluding hydrogens is 542 g/mol. The van der Waals surface area contributed by atoms with Crippen LogP contribution in [0, 0.1) is 0 Å². The summed E-state index contributed by atoms with van der Waals surface area (Å²) in [4.78, 5) is 44.5. The molecule has 0 atom stereocenters. The average Bonchev–Trinajstić information content (AvgIpc) is 2.97. The smallest absolute Gasteiger partial charge is 0.266 e. The number of nitrogens with zero attached hydrogens (tertiary/aromatic N) is 2. The van der Waals surface area contributed by atoms with Crippen molar-refractivity contribution in [1.29, 1.82) is 0 Å². The molecule has 5 aromatic rings. The fraction of sp³-hybridized carbons (Fsp3) is 0.125. The third kappa shape index (κ3) is 5.86. The first-order valence-corrected chi connectivity index (χ1v) is 14.1. The molecule has 0 saturated carbocycles. The second-order valence-corrected chi connectivity index (χ2v) is 10.9. The number of halogens is 1. The van der Waals surface area contributed by atoms with E-state index in [0.717, 1.165) is 17.3 Å². The molecule has 200 valence electrons. The third-order valence-corrected chi connectivity index (χ3v) is 7.61. The van der Waals surface area contributed by atoms with E-state index in [1.54, 1.807) is 60.7 Å². The van der Waals surface area contributed by atoms with Gasteiger partial charge < -0.3 is 5.32 Å². The number of anilines is 1. The van der Waals surface area contributed by atoms with E-state index in [1.807, 2.05) is 36.4 Å². The molecule has 1 N–H and O–H groups in total. The zero-order chi connectivity index (χ0) is 28.2. The number of para-hydroxylation sites is 1. The highest BCUT2D eigenvalue weighted by Gasteiger charge is 2.18. The molecule has 0 fully saturated rings. The molecule has 0 radical (unpaired) electrons. The van der Waals surface area contributed by atoms with E-state index in [9.17, 15) is 14.4 Å². The summed E-state index contributed by atoms with van der Waals surface area (Å²) in [6, 6.07) is 28.5. The van der Waals surface area contributed by atoms with Gasteiger partial charge in [0.1, 0.15) is 0 Å². The Morgan fingerprint density at radius 1 is 0.925 bits per heavy atom. The van der Waals surface area contributed by atoms with E-state index < -0.39 is 0 Å². The number of benzene rings is 4. The molecule has 5 rings (SSSR count). The molecule has 0 unspecified atom stereocenters. The maximum Gasteiger partial charge on any atom is 0.266 e. The number of fused-ring (bicyclic) bond motifs is 1. The zero-order valence-corrected chi connectivity index (χ0v) is 23.5. The maximum atomic E-state index is 13.5. The standard InChI is InChI=1S/C32H26ClN3O3S/c1-20(2)21-12-15-24(16-13-21)36-31(39)25-10-6-7-11-27(25)35-32(36)40-19-29(37)34-28-17-14-23(33)18-26(28)30(38)22-8-4-3-5-9-22/h3-18,20H,19H2,1-2H3,(H,34,37). The van der Waals surface area contributed by atoms with Gasteiger partial charge in [-0.1, -0.05) is 91.8 Å². The topological polar surface area (TPSA) is 81.1 Å². The van der Waals surface area contributed by atoms with Crippen LogP contribution in [0.15, 0.2) is 107 Å². The molecule has 40 heavy (non-hydrogen) atoms. The van der Waals surface area contributed by atoms with Gasteiger partial charge >= 0.3 is 0 Å². The monoisotopic (exact) mass is 567 g/mol. The quantitative estimate of drug-likeness (QED) is 0.123. The highest BCUT2D eigenvalue weighted by molar-refractivity contribution is 7.99. The number of hydrogen-bond acceptors (Lipinski definition) is 5. The van der Waals surface area contributed by atoms with Crippen LogP contribution in [-0.2, 0) is 4.79 Å². The van der Waals surface area contributed by atoms with Crippen LogP contribution in [0.25, 0.3) is 16.6 Å². The third-order valence-electron chi connectivity index (χ3n) is 6.43. The second-order valence-electron chi connectivity index (χ2n) is 9.52. The number of aromatic nitrogens is 2. The molecular formula is C32H26ClN3O3S. The summed E-state index contributed by atoms with van der Waals surface area (Å²) in [5, 5.41) is 4.11. The van der Waals surface area contributed by atoms with Gasteiger partial charge in [0.2, 0.25) is 5.91 Å². The Morgan fingerprint density at radius 3 is 2.35 bits per heavy atom. The number of carbonyl (C=O) groups is 2. The van der Waals surface area contributed by atoms with E-state index in [4.69, 9.17) is 16.6 Å². The van der Waals surface area contributed by atoms with Gasteiger partial charge in [0.15, 0.2) is 10.9 Å². The van der Waals surface area contributed by atoms with Crippen molar-refractivity contribution in [2.24, 2.45) is 0 Å². The van der Waals surface area contributed by atoms with Crippen LogP contribution in [-0.4, -0.2) is 27.0 Å². The molecule has 4 aromatic carbocycles. The first-order valence-electron chi connectivity index (χ1n) is 12.8. The zero-order valence-electron chi connectivity index (χ0n) is 21.9. The molecule has 8 heteroatoms. The van der Waals surface area contributed by atoms with Gasteiger partial charge in [0.25, 0.3) is 5.56 Å². The normalized spacial score (nSPS) is 11.1. The van der Waals surface area contributed by atoms with Crippen molar-refractivity contribution in [2.75, 3.05) is 11.1 Å². The highest BCUT2D eigenvalue weighted by atomic mass is 35.5. The van der Waals surface area contributed by atoms with Crippen molar-refractivity contribution in [3.63, 3.8) is 0 Å². The summed E-state index contributed by atoms with van der Waals surface area (Å²) < 4.78 is 1.54. The molecule has 0 aliphatic heterocycles. The lowest BCUT2D eigenvalue weighted by molar-refractivity contribution is -0.113. The van der Waals surface area contributed by atoms with Crippen molar-refractivity contribution in [1.82, 2.24) is 9.55 Å². The number of amides is 1. The van der Waals surface area contributed by atoms with E-state index in [1.165, 1.54) is 4.57 Å². The van der Waals surface area contributed by atoms with Crippen molar-refractivity contribution >= 4 is 51.6 Å². The molecule has 0 aliphatic rings. The molecule has 0 saturated heterocycles. The summed E-state index contributed by atoms with van der Waals surface area (Å²) in [6.07, 6.45) is 0. The van der Waals surface area contributed by atoms with E-state index in [0.29, 0.717) is 49.5 Å². The van der Waals surface area contributed by atoms with Gasteiger partial charge in [-0.05, 0) is 53.9 Å². The van der Waals surface area contributed by atoms with Crippen LogP contribution in [0.2, 0.25) is 5.02 Å². The van der Waals surface area contributed by atoms with Crippen molar-refractivity contribution < 1.29 is 9.59 Å². The molecule has 1 amide bonds. The van der Waals surface area contributed by atoms with Crippen LogP contribution >= 0.6 is 23.4 Å². The SMILES string of the molecule is CC(C)c1ccc(-n2c(SCC(=O)Nc3ccc(Cl)cc3C(=O)c3ccccc3)nc3ccccc3c2=O)cc1. The minimum atomic E-state index is -0.349. The van der Waals surface area contributed by atoms with E-state index in [2.05, 4.69) is 19.2 Å². The molecule has 0 bridgehead atoms. The van der Waals surface area contributed by atoms with E-state index >= 15 is 0 Å². The number of rotatable bonds is 8. The van der Waals surface area contributed by atoms with Gasteiger partial charge in [0.05, 0.1) is 28.0 Å². The summed E-state index contributed by atoms with van der Waals surface area (Å²) in [5.41, 5.74) is 3.31. The summed E-state index contributed by atoms with van der Waals surface area (Å²) in [7, 11) is 0. The van der Waals surface area contributed by atoms with Gasteiger partial charge in [-0.25, -0.2) is 4.98 Å². The van der Waals surface area contributed by atoms with Crippen LogP contribution in [0.1, 0.15) is 41.3 Å². The Hall–Kier alpha value is -4.20. The van der Waals surface area contributed by atoms with Crippen LogP contribution in [0.4, 0.5) is 5.69 Å². The number of hydrogen-bond donors (Lipinski definition) is 1. The molecule has 6 nitrogen and oxygen atoms in total. The number of thioether (sulfide) groups is 1. The Bertz CT molecular complexity index is 1770. The highest BCUT2D eigenvalue weighted by Crippen LogP contribution is 2.26. The Balaban J connectivity index is 1.43. The lowest BCUT2D eigenvalue weighted by atomic mass is 10.0. The predicted molar refractivity (Wildman–Crippen MR) is 162 cm³/mol. The number of ketones is 1. The Labute approximate surface area is 241 Å². The molecule has 0 spiro atoms. The number of carbonyl (C=O) groups excluding carboxylic acids is 2. The van der Waals surface area contributed by atoms with Crippen molar-refractivity contribution in [3.8, 4) is 5.69 Å². The Morgan fingerprint density at radius 2 is 1.62 bits per heavy atom. The molecule has 1 heterocycles. The minimum absolute atomic E-state index is 0.0313. The Kier molecular flexibility index (Phi) is 8.14. The average molecular weight is 568 g/mol. The van der Waals surface area contributed by atoms with Gasteiger partial charge in [-0.2, -0.15) is 0 Å². The van der Waals surface area contributed by atoms with Gasteiger partial charge in [-0.3, -0.25) is 19.0 Å². The minimum Gasteiger partial charge on any atom is -0.325 e. The lowest BCUT2D eigenvalue weighted by Gasteiger charge is -2.15. The van der Waals surface area contributed by atoms with Crippen LogP contribution in [0.3, 0.4) is 0 Å². The first-order chi connectivity index (χ1) is 19.3. The van der Waals surface area contributed by atoms with Gasteiger partial charge in [0, 0.05) is 16.1 Å². The molecule has 0 aliphatic carbocycles. The predicted octanol–water partition coefficient (Wildman–Crippen LogP) is 7.12. The fourth-order valence-corrected chi connectivity index (χ4v) is 5.30. The molecule has 1 aromatic heterocycles. The second kappa shape index (κ2) is 11.9.